The van der Waals surface area contributed by atoms with Crippen molar-refractivity contribution in [2.45, 2.75) is 18.8 Å². The molecule has 0 spiro atoms. The maximum atomic E-state index is 4.99. The first-order valence-electron chi connectivity index (χ1n) is 10.7. The average molecular weight is 406 g/mol. The van der Waals surface area contributed by atoms with Gasteiger partial charge in [-0.25, -0.2) is 15.0 Å². The summed E-state index contributed by atoms with van der Waals surface area (Å²) in [4.78, 5) is 24.7. The van der Waals surface area contributed by atoms with Gasteiger partial charge in [0.1, 0.15) is 11.6 Å². The van der Waals surface area contributed by atoms with E-state index in [2.05, 4.69) is 45.2 Å². The molecule has 1 aliphatic heterocycles. The molecule has 1 aliphatic rings. The van der Waals surface area contributed by atoms with Crippen LogP contribution in [0.25, 0.3) is 33.3 Å². The van der Waals surface area contributed by atoms with Gasteiger partial charge in [0.15, 0.2) is 5.82 Å². The highest BCUT2D eigenvalue weighted by Crippen LogP contribution is 2.33. The molecule has 1 N–H and O–H groups in total. The van der Waals surface area contributed by atoms with Gasteiger partial charge in [0.25, 0.3) is 0 Å². The quantitative estimate of drug-likeness (QED) is 0.459. The summed E-state index contributed by atoms with van der Waals surface area (Å²) in [6.07, 6.45) is 5.66. The van der Waals surface area contributed by atoms with E-state index in [1.54, 1.807) is 12.4 Å². The lowest BCUT2D eigenvalue weighted by Crippen LogP contribution is -2.34. The van der Waals surface area contributed by atoms with Crippen LogP contribution in [0.15, 0.2) is 73.1 Å². The Morgan fingerprint density at radius 3 is 2.32 bits per heavy atom. The number of nitrogens with one attached hydrogen (secondary N) is 1. The zero-order chi connectivity index (χ0) is 20.6. The van der Waals surface area contributed by atoms with E-state index in [1.807, 2.05) is 30.3 Å². The highest BCUT2D eigenvalue weighted by atomic mass is 15.2. The van der Waals surface area contributed by atoms with Gasteiger partial charge in [0.05, 0.1) is 16.6 Å². The molecule has 0 saturated carbocycles. The Kier molecular flexibility index (Phi) is 4.34. The third-order valence-corrected chi connectivity index (χ3v) is 6.11. The van der Waals surface area contributed by atoms with Crippen LogP contribution in [-0.2, 0) is 0 Å². The molecule has 3 aromatic heterocycles. The summed E-state index contributed by atoms with van der Waals surface area (Å²) in [6.45, 7) is 1.89. The molecule has 6 heteroatoms. The number of hydrogen-bond donors (Lipinski definition) is 1. The van der Waals surface area contributed by atoms with Gasteiger partial charge >= 0.3 is 0 Å². The Morgan fingerprint density at radius 2 is 1.52 bits per heavy atom. The van der Waals surface area contributed by atoms with Gasteiger partial charge in [-0.1, -0.05) is 24.3 Å². The number of para-hydroxylation sites is 3. The molecule has 0 radical (unpaired) electrons. The SMILES string of the molecule is c1ccc2[nH]c(C3CCN(c4nc(-c5ccncc5)nc5ccccc45)CC3)nc2c1. The molecular formula is C25H22N6. The van der Waals surface area contributed by atoms with Crippen molar-refractivity contribution in [3.05, 3.63) is 78.9 Å². The molecule has 1 fully saturated rings. The number of imidazole rings is 1. The van der Waals surface area contributed by atoms with Gasteiger partial charge in [-0.05, 0) is 49.2 Å². The summed E-state index contributed by atoms with van der Waals surface area (Å²) < 4.78 is 0. The molecular weight excluding hydrogens is 384 g/mol. The lowest BCUT2D eigenvalue weighted by Gasteiger charge is -2.32. The van der Waals surface area contributed by atoms with E-state index in [0.29, 0.717) is 5.92 Å². The summed E-state index contributed by atoms with van der Waals surface area (Å²) >= 11 is 0. The first-order chi connectivity index (χ1) is 15.3. The Morgan fingerprint density at radius 1 is 0.774 bits per heavy atom. The molecule has 1 saturated heterocycles. The van der Waals surface area contributed by atoms with Crippen LogP contribution in [0.5, 0.6) is 0 Å². The van der Waals surface area contributed by atoms with Crippen LogP contribution in [0.4, 0.5) is 5.82 Å². The Labute approximate surface area is 180 Å². The van der Waals surface area contributed by atoms with Crippen molar-refractivity contribution < 1.29 is 0 Å². The lowest BCUT2D eigenvalue weighted by molar-refractivity contribution is 0.488. The smallest absolute Gasteiger partial charge is 0.162 e. The van der Waals surface area contributed by atoms with Crippen molar-refractivity contribution in [3.8, 4) is 11.4 Å². The predicted molar refractivity (Wildman–Crippen MR) is 123 cm³/mol. The fourth-order valence-corrected chi connectivity index (χ4v) is 4.46. The minimum Gasteiger partial charge on any atom is -0.356 e. The van der Waals surface area contributed by atoms with Gasteiger partial charge in [0, 0.05) is 42.4 Å². The van der Waals surface area contributed by atoms with Crippen molar-refractivity contribution in [2.24, 2.45) is 0 Å². The van der Waals surface area contributed by atoms with E-state index in [4.69, 9.17) is 15.0 Å². The topological polar surface area (TPSA) is 70.6 Å². The highest BCUT2D eigenvalue weighted by Gasteiger charge is 2.25. The van der Waals surface area contributed by atoms with Crippen molar-refractivity contribution in [1.82, 2.24) is 24.9 Å². The zero-order valence-electron chi connectivity index (χ0n) is 17.1. The maximum absolute atomic E-state index is 4.99. The van der Waals surface area contributed by atoms with Crippen LogP contribution in [0, 0.1) is 0 Å². The fourth-order valence-electron chi connectivity index (χ4n) is 4.46. The van der Waals surface area contributed by atoms with E-state index in [1.165, 1.54) is 0 Å². The summed E-state index contributed by atoms with van der Waals surface area (Å²) in [5.41, 5.74) is 4.12. The number of benzene rings is 2. The largest absolute Gasteiger partial charge is 0.356 e. The summed E-state index contributed by atoms with van der Waals surface area (Å²) in [6, 6.07) is 20.4. The monoisotopic (exact) mass is 406 g/mol. The molecule has 5 aromatic rings. The lowest BCUT2D eigenvalue weighted by atomic mass is 9.96. The predicted octanol–water partition coefficient (Wildman–Crippen LogP) is 4.95. The Hall–Kier alpha value is -3.80. The van der Waals surface area contributed by atoms with Gasteiger partial charge in [0.2, 0.25) is 0 Å². The molecule has 0 amide bonds. The third kappa shape index (κ3) is 3.30. The average Bonchev–Trinajstić information content (AvgIpc) is 3.28. The van der Waals surface area contributed by atoms with Crippen LogP contribution >= 0.6 is 0 Å². The number of piperidine rings is 1. The number of anilines is 1. The van der Waals surface area contributed by atoms with Crippen LogP contribution in [0.2, 0.25) is 0 Å². The van der Waals surface area contributed by atoms with Crippen molar-refractivity contribution >= 4 is 27.8 Å². The summed E-state index contributed by atoms with van der Waals surface area (Å²) in [5, 5.41) is 1.10. The van der Waals surface area contributed by atoms with Crippen LogP contribution in [0.1, 0.15) is 24.6 Å². The Balaban J connectivity index is 1.31. The van der Waals surface area contributed by atoms with Gasteiger partial charge in [-0.2, -0.15) is 0 Å². The van der Waals surface area contributed by atoms with Crippen LogP contribution in [0.3, 0.4) is 0 Å². The minimum absolute atomic E-state index is 0.441. The maximum Gasteiger partial charge on any atom is 0.162 e. The van der Waals surface area contributed by atoms with E-state index in [-0.39, 0.29) is 0 Å². The van der Waals surface area contributed by atoms with Gasteiger partial charge < -0.3 is 9.88 Å². The van der Waals surface area contributed by atoms with Gasteiger partial charge in [-0.3, -0.25) is 4.98 Å². The highest BCUT2D eigenvalue weighted by molar-refractivity contribution is 5.91. The van der Waals surface area contributed by atoms with E-state index in [0.717, 1.165) is 70.9 Å². The number of rotatable bonds is 3. The second-order valence-electron chi connectivity index (χ2n) is 8.02. The first kappa shape index (κ1) is 18.0. The van der Waals surface area contributed by atoms with Crippen LogP contribution < -0.4 is 4.90 Å². The standard InChI is InChI=1S/C25H22N6/c1-2-6-20-19(5-1)25(30-24(27-20)17-9-13-26-14-10-17)31-15-11-18(12-16-31)23-28-21-7-3-4-8-22(21)29-23/h1-10,13-14,18H,11-12,15-16H2,(H,28,29). The fraction of sp³-hybridized carbons (Fsp3) is 0.200. The number of aromatic amines is 1. The second kappa shape index (κ2) is 7.47. The second-order valence-corrected chi connectivity index (χ2v) is 8.02. The third-order valence-electron chi connectivity index (χ3n) is 6.11. The molecule has 31 heavy (non-hydrogen) atoms. The van der Waals surface area contributed by atoms with E-state index < -0.39 is 0 Å². The molecule has 2 aromatic carbocycles. The van der Waals surface area contributed by atoms with Crippen LogP contribution in [-0.4, -0.2) is 38.0 Å². The van der Waals surface area contributed by atoms with Crippen molar-refractivity contribution in [3.63, 3.8) is 0 Å². The molecule has 6 rings (SSSR count). The van der Waals surface area contributed by atoms with E-state index >= 15 is 0 Å². The molecule has 0 bridgehead atoms. The van der Waals surface area contributed by atoms with Crippen molar-refractivity contribution in [2.75, 3.05) is 18.0 Å². The number of pyridine rings is 1. The minimum atomic E-state index is 0.441. The molecule has 152 valence electrons. The number of nitrogens with zero attached hydrogens (tertiary/aromatic N) is 5. The van der Waals surface area contributed by atoms with Gasteiger partial charge in [-0.15, -0.1) is 0 Å². The summed E-state index contributed by atoms with van der Waals surface area (Å²) in [7, 11) is 0. The Bertz CT molecular complexity index is 1320. The number of fused-ring (bicyclic) bond motifs is 2. The molecule has 6 nitrogen and oxygen atoms in total. The van der Waals surface area contributed by atoms with E-state index in [9.17, 15) is 0 Å². The molecule has 0 aliphatic carbocycles. The zero-order valence-corrected chi connectivity index (χ0v) is 17.1. The number of hydrogen-bond acceptors (Lipinski definition) is 5. The molecule has 0 atom stereocenters. The summed E-state index contributed by atoms with van der Waals surface area (Å²) in [5.74, 6) is 3.30. The number of H-pyrrole nitrogens is 1. The first-order valence-corrected chi connectivity index (χ1v) is 10.7. The van der Waals surface area contributed by atoms with Crippen molar-refractivity contribution in [1.29, 1.82) is 0 Å². The number of aromatic nitrogens is 5. The molecule has 4 heterocycles. The molecule has 0 unspecified atom stereocenters. The normalized spacial score (nSPS) is 15.0.